The summed E-state index contributed by atoms with van der Waals surface area (Å²) in [6.07, 6.45) is -1.60. The summed E-state index contributed by atoms with van der Waals surface area (Å²) in [7, 11) is 0. The summed E-state index contributed by atoms with van der Waals surface area (Å²) >= 11 is 5.78. The van der Waals surface area contributed by atoms with Crippen molar-refractivity contribution < 1.29 is 17.9 Å². The van der Waals surface area contributed by atoms with E-state index in [-0.39, 0.29) is 16.9 Å². The van der Waals surface area contributed by atoms with Gasteiger partial charge in [0, 0.05) is 23.5 Å². The first kappa shape index (κ1) is 17.2. The number of ether oxygens (including phenoxy) is 1. The van der Waals surface area contributed by atoms with Crippen LogP contribution < -0.4 is 4.74 Å². The highest BCUT2D eigenvalue weighted by molar-refractivity contribution is 6.29. The van der Waals surface area contributed by atoms with Crippen molar-refractivity contribution in [2.75, 3.05) is 0 Å². The van der Waals surface area contributed by atoms with Gasteiger partial charge in [-0.25, -0.2) is 4.98 Å². The molecule has 0 fully saturated rings. The molecule has 0 spiro atoms. The van der Waals surface area contributed by atoms with Gasteiger partial charge in [0.05, 0.1) is 5.56 Å². The first-order chi connectivity index (χ1) is 12.9. The molecule has 0 saturated heterocycles. The molecule has 10 heteroatoms. The van der Waals surface area contributed by atoms with Crippen LogP contribution in [0.15, 0.2) is 54.9 Å². The minimum atomic E-state index is -4.53. The minimum absolute atomic E-state index is 0.0612. The lowest BCUT2D eigenvalue weighted by molar-refractivity contribution is -0.137. The molecule has 4 rings (SSSR count). The number of aromatic nitrogens is 5. The number of benzene rings is 1. The highest BCUT2D eigenvalue weighted by atomic mass is 35.5. The summed E-state index contributed by atoms with van der Waals surface area (Å²) in [6, 6.07) is 9.57. The zero-order valence-corrected chi connectivity index (χ0v) is 14.1. The largest absolute Gasteiger partial charge is 0.422 e. The van der Waals surface area contributed by atoms with Gasteiger partial charge in [0.25, 0.3) is 0 Å². The third-order valence-corrected chi connectivity index (χ3v) is 3.92. The smallest absolute Gasteiger partial charge is 0.416 e. The Morgan fingerprint density at radius 2 is 1.89 bits per heavy atom. The van der Waals surface area contributed by atoms with Crippen LogP contribution in [0.4, 0.5) is 13.2 Å². The molecule has 3 aromatic heterocycles. The van der Waals surface area contributed by atoms with Crippen molar-refractivity contribution in [2.45, 2.75) is 6.18 Å². The molecule has 0 aliphatic heterocycles. The predicted octanol–water partition coefficient (Wildman–Crippen LogP) is 4.65. The second-order valence-corrected chi connectivity index (χ2v) is 5.84. The van der Waals surface area contributed by atoms with Crippen LogP contribution in [0.25, 0.3) is 16.8 Å². The molecular formula is C17H9ClF3N5O. The van der Waals surface area contributed by atoms with Crippen molar-refractivity contribution in [3.05, 3.63) is 65.6 Å². The number of halogens is 4. The lowest BCUT2D eigenvalue weighted by atomic mass is 10.0. The van der Waals surface area contributed by atoms with Gasteiger partial charge in [-0.2, -0.15) is 22.8 Å². The Labute approximate surface area is 155 Å². The number of pyridine rings is 1. The van der Waals surface area contributed by atoms with Crippen LogP contribution in [-0.2, 0) is 6.18 Å². The highest BCUT2D eigenvalue weighted by Gasteiger charge is 2.31. The molecule has 6 nitrogen and oxygen atoms in total. The van der Waals surface area contributed by atoms with E-state index in [9.17, 15) is 13.2 Å². The van der Waals surface area contributed by atoms with Crippen molar-refractivity contribution in [1.82, 2.24) is 24.8 Å². The van der Waals surface area contributed by atoms with Gasteiger partial charge in [-0.05, 0) is 42.5 Å². The van der Waals surface area contributed by atoms with Crippen LogP contribution in [0.1, 0.15) is 5.56 Å². The standard InChI is InChI=1S/C17H9ClF3N5O/c18-14-6-3-10(9-22-14)12-5-4-11(17(19,20)21)8-13(12)27-16-25-24-15-2-1-7-23-26(15)16/h1-9H. The fraction of sp³-hybridized carbons (Fsp3) is 0.0588. The second kappa shape index (κ2) is 6.51. The van der Waals surface area contributed by atoms with Crippen LogP contribution in [0.3, 0.4) is 0 Å². The number of fused-ring (bicyclic) bond motifs is 1. The van der Waals surface area contributed by atoms with Gasteiger partial charge < -0.3 is 4.74 Å². The SMILES string of the molecule is FC(F)(F)c1ccc(-c2ccc(Cl)nc2)c(Oc2nnc3cccnn23)c1. The summed E-state index contributed by atoms with van der Waals surface area (Å²) in [5, 5.41) is 12.0. The van der Waals surface area contributed by atoms with E-state index in [1.54, 1.807) is 18.2 Å². The summed E-state index contributed by atoms with van der Waals surface area (Å²) in [6.45, 7) is 0. The molecule has 1 aromatic carbocycles. The minimum Gasteiger partial charge on any atom is -0.422 e. The maximum Gasteiger partial charge on any atom is 0.416 e. The Hall–Kier alpha value is -3.20. The molecule has 0 unspecified atom stereocenters. The number of alkyl halides is 3. The van der Waals surface area contributed by atoms with E-state index in [1.165, 1.54) is 29.0 Å². The Kier molecular flexibility index (Phi) is 4.15. The van der Waals surface area contributed by atoms with Crippen molar-refractivity contribution >= 4 is 17.2 Å². The van der Waals surface area contributed by atoms with Crippen LogP contribution in [0, 0.1) is 0 Å². The molecule has 0 saturated carbocycles. The van der Waals surface area contributed by atoms with Gasteiger partial charge in [-0.15, -0.1) is 5.10 Å². The first-order valence-corrected chi connectivity index (χ1v) is 7.97. The lowest BCUT2D eigenvalue weighted by Gasteiger charge is -2.13. The topological polar surface area (TPSA) is 65.2 Å². The van der Waals surface area contributed by atoms with Crippen LogP contribution in [-0.4, -0.2) is 24.8 Å². The molecule has 0 amide bonds. The van der Waals surface area contributed by atoms with Gasteiger partial charge >= 0.3 is 12.2 Å². The maximum atomic E-state index is 13.2. The van der Waals surface area contributed by atoms with E-state index in [0.717, 1.165) is 12.1 Å². The average Bonchev–Trinajstić information content (AvgIpc) is 3.05. The van der Waals surface area contributed by atoms with E-state index in [0.29, 0.717) is 16.8 Å². The molecule has 0 N–H and O–H groups in total. The van der Waals surface area contributed by atoms with E-state index < -0.39 is 11.7 Å². The van der Waals surface area contributed by atoms with Crippen LogP contribution >= 0.6 is 11.6 Å². The van der Waals surface area contributed by atoms with E-state index in [1.807, 2.05) is 0 Å². The second-order valence-electron chi connectivity index (χ2n) is 5.46. The van der Waals surface area contributed by atoms with E-state index >= 15 is 0 Å². The maximum absolute atomic E-state index is 13.2. The molecule has 0 radical (unpaired) electrons. The molecule has 0 atom stereocenters. The van der Waals surface area contributed by atoms with Crippen molar-refractivity contribution in [1.29, 1.82) is 0 Å². The number of rotatable bonds is 3. The van der Waals surface area contributed by atoms with Gasteiger partial charge in [-0.1, -0.05) is 16.7 Å². The zero-order chi connectivity index (χ0) is 19.0. The summed E-state index contributed by atoms with van der Waals surface area (Å²) in [4.78, 5) is 3.96. The van der Waals surface area contributed by atoms with Gasteiger partial charge in [0.1, 0.15) is 10.9 Å². The normalized spacial score (nSPS) is 11.7. The monoisotopic (exact) mass is 391 g/mol. The number of hydrogen-bond donors (Lipinski definition) is 0. The van der Waals surface area contributed by atoms with Crippen molar-refractivity contribution in [3.8, 4) is 22.9 Å². The average molecular weight is 392 g/mol. The van der Waals surface area contributed by atoms with E-state index in [4.69, 9.17) is 16.3 Å². The van der Waals surface area contributed by atoms with E-state index in [2.05, 4.69) is 20.3 Å². The summed E-state index contributed by atoms with van der Waals surface area (Å²) < 4.78 is 46.4. The Morgan fingerprint density at radius 1 is 1.04 bits per heavy atom. The zero-order valence-electron chi connectivity index (χ0n) is 13.4. The highest BCUT2D eigenvalue weighted by Crippen LogP contribution is 2.38. The van der Waals surface area contributed by atoms with Crippen molar-refractivity contribution in [2.24, 2.45) is 0 Å². The fourth-order valence-electron chi connectivity index (χ4n) is 2.44. The molecule has 136 valence electrons. The number of nitrogens with zero attached hydrogens (tertiary/aromatic N) is 5. The summed E-state index contributed by atoms with van der Waals surface area (Å²) in [5.41, 5.74) is 0.462. The van der Waals surface area contributed by atoms with Crippen LogP contribution in [0.5, 0.6) is 11.8 Å². The lowest BCUT2D eigenvalue weighted by Crippen LogP contribution is -2.05. The predicted molar refractivity (Wildman–Crippen MR) is 90.5 cm³/mol. The molecule has 3 heterocycles. The van der Waals surface area contributed by atoms with Crippen LogP contribution in [0.2, 0.25) is 5.15 Å². The Balaban J connectivity index is 1.84. The molecule has 0 bridgehead atoms. The third kappa shape index (κ3) is 3.41. The summed E-state index contributed by atoms with van der Waals surface area (Å²) in [5.74, 6) is -0.0612. The quantitative estimate of drug-likeness (QED) is 0.475. The Morgan fingerprint density at radius 3 is 2.63 bits per heavy atom. The van der Waals surface area contributed by atoms with Crippen molar-refractivity contribution in [3.63, 3.8) is 0 Å². The Bertz CT molecular complexity index is 1110. The first-order valence-electron chi connectivity index (χ1n) is 7.59. The van der Waals surface area contributed by atoms with Gasteiger partial charge in [-0.3, -0.25) is 0 Å². The third-order valence-electron chi connectivity index (χ3n) is 3.70. The molecule has 0 aliphatic rings. The fourth-order valence-corrected chi connectivity index (χ4v) is 2.55. The molecular weight excluding hydrogens is 383 g/mol. The molecule has 27 heavy (non-hydrogen) atoms. The van der Waals surface area contributed by atoms with Gasteiger partial charge in [0.15, 0.2) is 5.65 Å². The molecule has 4 aromatic rings. The number of hydrogen-bond acceptors (Lipinski definition) is 5. The van der Waals surface area contributed by atoms with Gasteiger partial charge in [0.2, 0.25) is 0 Å². The molecule has 0 aliphatic carbocycles.